The van der Waals surface area contributed by atoms with E-state index in [0.29, 0.717) is 0 Å². The van der Waals surface area contributed by atoms with E-state index < -0.39 is 0 Å². The van der Waals surface area contributed by atoms with Crippen LogP contribution in [-0.4, -0.2) is 13.1 Å². The maximum Gasteiger partial charge on any atom is 0.0366 e. The van der Waals surface area contributed by atoms with Crippen LogP contribution in [0.15, 0.2) is 24.3 Å². The second kappa shape index (κ2) is 8.31. The van der Waals surface area contributed by atoms with Gasteiger partial charge in [-0.3, -0.25) is 0 Å². The molecule has 0 aliphatic rings. The van der Waals surface area contributed by atoms with Crippen LogP contribution >= 0.6 is 0 Å². The molecule has 0 aromatic heterocycles. The number of hydrogen-bond acceptors (Lipinski definition) is 2. The highest BCUT2D eigenvalue weighted by atomic mass is 15.1. The van der Waals surface area contributed by atoms with Gasteiger partial charge in [-0.05, 0) is 49.3 Å². The van der Waals surface area contributed by atoms with E-state index in [1.165, 1.54) is 24.1 Å². The van der Waals surface area contributed by atoms with Crippen LogP contribution in [0.2, 0.25) is 0 Å². The summed E-state index contributed by atoms with van der Waals surface area (Å²) in [5, 5.41) is 0. The quantitative estimate of drug-likeness (QED) is 0.751. The van der Waals surface area contributed by atoms with Gasteiger partial charge in [-0.25, -0.2) is 0 Å². The number of benzene rings is 1. The molecule has 2 nitrogen and oxygen atoms in total. The van der Waals surface area contributed by atoms with E-state index in [0.717, 1.165) is 24.9 Å². The lowest BCUT2D eigenvalue weighted by Gasteiger charge is -2.27. The Labute approximate surface area is 125 Å². The van der Waals surface area contributed by atoms with E-state index in [4.69, 9.17) is 5.73 Å². The molecule has 0 spiro atoms. The van der Waals surface area contributed by atoms with Crippen LogP contribution < -0.4 is 10.6 Å². The molecule has 1 aromatic carbocycles. The molecule has 1 atom stereocenters. The first-order chi connectivity index (χ1) is 9.40. The van der Waals surface area contributed by atoms with E-state index in [9.17, 15) is 0 Å². The van der Waals surface area contributed by atoms with Gasteiger partial charge in [-0.1, -0.05) is 39.8 Å². The smallest absolute Gasteiger partial charge is 0.0366 e. The van der Waals surface area contributed by atoms with Crippen molar-refractivity contribution in [1.29, 1.82) is 0 Å². The van der Waals surface area contributed by atoms with E-state index in [-0.39, 0.29) is 6.04 Å². The number of nitrogens with two attached hydrogens (primary N) is 1. The minimum Gasteiger partial charge on any atom is -0.372 e. The lowest BCUT2D eigenvalue weighted by molar-refractivity contribution is 0.535. The van der Waals surface area contributed by atoms with Crippen molar-refractivity contribution in [2.75, 3.05) is 18.0 Å². The van der Waals surface area contributed by atoms with E-state index >= 15 is 0 Å². The third kappa shape index (κ3) is 5.96. The standard InChI is InChI=1S/C18H32N2/c1-14(2)10-12-20(13-11-15(3)4)18-8-6-17(7-9-18)16(5)19/h6-9,14-16H,10-13,19H2,1-5H3/t16-/m0/s1. The monoisotopic (exact) mass is 276 g/mol. The largest absolute Gasteiger partial charge is 0.372 e. The molecule has 0 heterocycles. The zero-order valence-electron chi connectivity index (χ0n) is 13.9. The number of rotatable bonds is 8. The van der Waals surface area contributed by atoms with Gasteiger partial charge in [0.05, 0.1) is 0 Å². The van der Waals surface area contributed by atoms with Crippen LogP contribution in [-0.2, 0) is 0 Å². The van der Waals surface area contributed by atoms with Gasteiger partial charge >= 0.3 is 0 Å². The summed E-state index contributed by atoms with van der Waals surface area (Å²) < 4.78 is 0. The Kier molecular flexibility index (Phi) is 7.08. The fourth-order valence-corrected chi connectivity index (χ4v) is 2.19. The molecule has 2 heteroatoms. The Morgan fingerprint density at radius 3 is 1.65 bits per heavy atom. The molecule has 0 fully saturated rings. The molecule has 2 N–H and O–H groups in total. The van der Waals surface area contributed by atoms with Gasteiger partial charge in [0.25, 0.3) is 0 Å². The summed E-state index contributed by atoms with van der Waals surface area (Å²) in [6.45, 7) is 13.5. The van der Waals surface area contributed by atoms with Crippen molar-refractivity contribution in [3.8, 4) is 0 Å². The highest BCUT2D eigenvalue weighted by molar-refractivity contribution is 5.48. The van der Waals surface area contributed by atoms with Crippen molar-refractivity contribution in [2.45, 2.75) is 53.5 Å². The lowest BCUT2D eigenvalue weighted by atomic mass is 10.1. The van der Waals surface area contributed by atoms with Crippen LogP contribution in [0.3, 0.4) is 0 Å². The molecular formula is C18H32N2. The van der Waals surface area contributed by atoms with Crippen molar-refractivity contribution in [3.63, 3.8) is 0 Å². The van der Waals surface area contributed by atoms with Gasteiger partial charge in [0.1, 0.15) is 0 Å². The molecule has 0 bridgehead atoms. The Hall–Kier alpha value is -1.02. The fraction of sp³-hybridized carbons (Fsp3) is 0.667. The van der Waals surface area contributed by atoms with Crippen molar-refractivity contribution >= 4 is 5.69 Å². The molecule has 0 radical (unpaired) electrons. The van der Waals surface area contributed by atoms with Gasteiger partial charge in [-0.15, -0.1) is 0 Å². The Morgan fingerprint density at radius 1 is 0.850 bits per heavy atom. The van der Waals surface area contributed by atoms with Crippen LogP contribution in [0.4, 0.5) is 5.69 Å². The highest BCUT2D eigenvalue weighted by Gasteiger charge is 2.09. The van der Waals surface area contributed by atoms with Crippen molar-refractivity contribution in [1.82, 2.24) is 0 Å². The van der Waals surface area contributed by atoms with E-state index in [2.05, 4.69) is 56.9 Å². The topological polar surface area (TPSA) is 29.3 Å². The van der Waals surface area contributed by atoms with Crippen LogP contribution in [0.5, 0.6) is 0 Å². The first-order valence-corrected chi connectivity index (χ1v) is 8.00. The molecule has 0 saturated heterocycles. The van der Waals surface area contributed by atoms with E-state index in [1.807, 2.05) is 6.92 Å². The molecule has 0 unspecified atom stereocenters. The third-order valence-electron chi connectivity index (χ3n) is 3.74. The molecule has 1 rings (SSSR count). The zero-order chi connectivity index (χ0) is 15.1. The normalized spacial score (nSPS) is 13.0. The second-order valence-electron chi connectivity index (χ2n) is 6.73. The van der Waals surface area contributed by atoms with Gasteiger partial charge in [0, 0.05) is 24.8 Å². The number of hydrogen-bond donors (Lipinski definition) is 1. The third-order valence-corrected chi connectivity index (χ3v) is 3.74. The summed E-state index contributed by atoms with van der Waals surface area (Å²) >= 11 is 0. The molecule has 20 heavy (non-hydrogen) atoms. The van der Waals surface area contributed by atoms with Crippen molar-refractivity contribution < 1.29 is 0 Å². The van der Waals surface area contributed by atoms with Gasteiger partial charge in [0.2, 0.25) is 0 Å². The lowest BCUT2D eigenvalue weighted by Crippen LogP contribution is -2.27. The summed E-state index contributed by atoms with van der Waals surface area (Å²) in [5.74, 6) is 1.50. The van der Waals surface area contributed by atoms with Crippen LogP contribution in [0, 0.1) is 11.8 Å². The first kappa shape index (κ1) is 17.0. The van der Waals surface area contributed by atoms with E-state index in [1.54, 1.807) is 0 Å². The molecule has 0 amide bonds. The van der Waals surface area contributed by atoms with Gasteiger partial charge < -0.3 is 10.6 Å². The van der Waals surface area contributed by atoms with Crippen LogP contribution in [0.1, 0.15) is 59.1 Å². The van der Waals surface area contributed by atoms with Gasteiger partial charge in [0.15, 0.2) is 0 Å². The predicted molar refractivity (Wildman–Crippen MR) is 90.2 cm³/mol. The highest BCUT2D eigenvalue weighted by Crippen LogP contribution is 2.20. The first-order valence-electron chi connectivity index (χ1n) is 8.00. The fourth-order valence-electron chi connectivity index (χ4n) is 2.19. The average molecular weight is 276 g/mol. The zero-order valence-corrected chi connectivity index (χ0v) is 13.9. The maximum absolute atomic E-state index is 5.92. The summed E-state index contributed by atoms with van der Waals surface area (Å²) in [5.41, 5.74) is 8.46. The molecule has 0 aliphatic heterocycles. The van der Waals surface area contributed by atoms with Crippen LogP contribution in [0.25, 0.3) is 0 Å². The predicted octanol–water partition coefficient (Wildman–Crippen LogP) is 4.60. The number of anilines is 1. The molecule has 114 valence electrons. The Bertz CT molecular complexity index is 354. The Morgan fingerprint density at radius 2 is 1.30 bits per heavy atom. The minimum atomic E-state index is 0.115. The van der Waals surface area contributed by atoms with Crippen molar-refractivity contribution in [2.24, 2.45) is 17.6 Å². The molecular weight excluding hydrogens is 244 g/mol. The number of nitrogens with zero attached hydrogens (tertiary/aromatic N) is 1. The maximum atomic E-state index is 5.92. The minimum absolute atomic E-state index is 0.115. The second-order valence-corrected chi connectivity index (χ2v) is 6.73. The summed E-state index contributed by atoms with van der Waals surface area (Å²) in [6, 6.07) is 8.89. The molecule has 1 aromatic rings. The average Bonchev–Trinajstić information content (AvgIpc) is 2.38. The Balaban J connectivity index is 2.74. The summed E-state index contributed by atoms with van der Waals surface area (Å²) in [4.78, 5) is 2.52. The summed E-state index contributed by atoms with van der Waals surface area (Å²) in [6.07, 6.45) is 2.49. The van der Waals surface area contributed by atoms with Crippen molar-refractivity contribution in [3.05, 3.63) is 29.8 Å². The molecule has 0 aliphatic carbocycles. The molecule has 0 saturated carbocycles. The van der Waals surface area contributed by atoms with Gasteiger partial charge in [-0.2, -0.15) is 0 Å². The summed E-state index contributed by atoms with van der Waals surface area (Å²) in [7, 11) is 0. The SMILES string of the molecule is CC(C)CCN(CCC(C)C)c1ccc([C@H](C)N)cc1.